The Bertz CT molecular complexity index is 618. The summed E-state index contributed by atoms with van der Waals surface area (Å²) in [5, 5.41) is 6.21. The monoisotopic (exact) mass is 256 g/mol. The zero-order valence-corrected chi connectivity index (χ0v) is 10.8. The van der Waals surface area contributed by atoms with E-state index in [4.69, 9.17) is 0 Å². The van der Waals surface area contributed by atoms with Crippen LogP contribution < -0.4 is 10.6 Å². The van der Waals surface area contributed by atoms with E-state index < -0.39 is 0 Å². The summed E-state index contributed by atoms with van der Waals surface area (Å²) in [4.78, 5) is 19.2. The molecule has 1 aromatic carbocycles. The number of rotatable bonds is 3. The number of H-pyrrole nitrogens is 1. The number of nitrogens with zero attached hydrogens (tertiary/aromatic N) is 1. The molecule has 0 saturated carbocycles. The van der Waals surface area contributed by atoms with Gasteiger partial charge in [-0.05, 0) is 31.0 Å². The molecule has 0 bridgehead atoms. The van der Waals surface area contributed by atoms with E-state index in [1.54, 1.807) is 0 Å². The van der Waals surface area contributed by atoms with E-state index in [0.29, 0.717) is 13.1 Å². The third kappa shape index (κ3) is 2.31. The van der Waals surface area contributed by atoms with Crippen LogP contribution in [0, 0.1) is 6.92 Å². The minimum Gasteiger partial charge on any atom is -0.378 e. The van der Waals surface area contributed by atoms with Crippen molar-refractivity contribution in [2.45, 2.75) is 19.9 Å². The SMILES string of the molecule is Cc1cnc(CNc2cccc3c2CCNC3=O)[nH]1. The fraction of sp³-hybridized carbons (Fsp3) is 0.286. The summed E-state index contributed by atoms with van der Waals surface area (Å²) < 4.78 is 0. The quantitative estimate of drug-likeness (QED) is 0.781. The Labute approximate surface area is 111 Å². The van der Waals surface area contributed by atoms with E-state index in [0.717, 1.165) is 34.8 Å². The molecule has 0 atom stereocenters. The molecule has 0 fully saturated rings. The Morgan fingerprint density at radius 2 is 2.32 bits per heavy atom. The Balaban J connectivity index is 1.81. The van der Waals surface area contributed by atoms with Crippen LogP contribution in [0.5, 0.6) is 0 Å². The molecule has 0 radical (unpaired) electrons. The van der Waals surface area contributed by atoms with E-state index in [1.165, 1.54) is 0 Å². The number of hydrogen-bond donors (Lipinski definition) is 3. The van der Waals surface area contributed by atoms with Crippen LogP contribution in [0.15, 0.2) is 24.4 Å². The van der Waals surface area contributed by atoms with Crippen LogP contribution in [-0.2, 0) is 13.0 Å². The van der Waals surface area contributed by atoms with Gasteiger partial charge >= 0.3 is 0 Å². The highest BCUT2D eigenvalue weighted by Gasteiger charge is 2.18. The van der Waals surface area contributed by atoms with Crippen molar-refractivity contribution in [1.29, 1.82) is 0 Å². The van der Waals surface area contributed by atoms with E-state index in [2.05, 4.69) is 20.6 Å². The van der Waals surface area contributed by atoms with Crippen LogP contribution in [0.25, 0.3) is 0 Å². The summed E-state index contributed by atoms with van der Waals surface area (Å²) in [5.74, 6) is 0.911. The first kappa shape index (κ1) is 11.8. The molecule has 5 nitrogen and oxygen atoms in total. The van der Waals surface area contributed by atoms with Gasteiger partial charge in [-0.3, -0.25) is 4.79 Å². The highest BCUT2D eigenvalue weighted by atomic mass is 16.1. The number of imidazole rings is 1. The molecular formula is C14H16N4O. The minimum atomic E-state index is 0.0127. The summed E-state index contributed by atoms with van der Waals surface area (Å²) in [7, 11) is 0. The molecule has 3 N–H and O–H groups in total. The van der Waals surface area contributed by atoms with Gasteiger partial charge in [0.15, 0.2) is 0 Å². The van der Waals surface area contributed by atoms with Crippen molar-refractivity contribution in [1.82, 2.24) is 15.3 Å². The molecule has 2 aromatic rings. The molecular weight excluding hydrogens is 240 g/mol. The van der Waals surface area contributed by atoms with Gasteiger partial charge < -0.3 is 15.6 Å². The van der Waals surface area contributed by atoms with Crippen molar-refractivity contribution >= 4 is 11.6 Å². The lowest BCUT2D eigenvalue weighted by molar-refractivity contribution is 0.0946. The summed E-state index contributed by atoms with van der Waals surface area (Å²) in [6.07, 6.45) is 2.67. The van der Waals surface area contributed by atoms with Crippen LogP contribution in [-0.4, -0.2) is 22.4 Å². The lowest BCUT2D eigenvalue weighted by Crippen LogP contribution is -2.32. The van der Waals surface area contributed by atoms with E-state index >= 15 is 0 Å². The normalized spacial score (nSPS) is 13.8. The second kappa shape index (κ2) is 4.76. The predicted molar refractivity (Wildman–Crippen MR) is 73.1 cm³/mol. The number of aromatic amines is 1. The molecule has 1 aliphatic rings. The van der Waals surface area contributed by atoms with Gasteiger partial charge in [-0.25, -0.2) is 4.98 Å². The van der Waals surface area contributed by atoms with Gasteiger partial charge in [-0.1, -0.05) is 6.07 Å². The number of nitrogens with one attached hydrogen (secondary N) is 3. The molecule has 19 heavy (non-hydrogen) atoms. The van der Waals surface area contributed by atoms with Crippen molar-refractivity contribution in [3.8, 4) is 0 Å². The topological polar surface area (TPSA) is 69.8 Å². The maximum atomic E-state index is 11.8. The van der Waals surface area contributed by atoms with Gasteiger partial charge in [0, 0.05) is 29.7 Å². The number of anilines is 1. The second-order valence-corrected chi connectivity index (χ2v) is 4.70. The van der Waals surface area contributed by atoms with Gasteiger partial charge in [0.2, 0.25) is 0 Å². The Kier molecular flexibility index (Phi) is 2.95. The van der Waals surface area contributed by atoms with E-state index in [-0.39, 0.29) is 5.91 Å². The lowest BCUT2D eigenvalue weighted by atomic mass is 9.98. The predicted octanol–water partition coefficient (Wildman–Crippen LogP) is 1.62. The van der Waals surface area contributed by atoms with Crippen LogP contribution in [0.3, 0.4) is 0 Å². The molecule has 1 aromatic heterocycles. The summed E-state index contributed by atoms with van der Waals surface area (Å²) in [6, 6.07) is 5.78. The lowest BCUT2D eigenvalue weighted by Gasteiger charge is -2.20. The number of fused-ring (bicyclic) bond motifs is 1. The van der Waals surface area contributed by atoms with Crippen LogP contribution in [0.1, 0.15) is 27.4 Å². The summed E-state index contributed by atoms with van der Waals surface area (Å²) in [6.45, 7) is 3.31. The Hall–Kier alpha value is -2.30. The zero-order valence-electron chi connectivity index (χ0n) is 10.8. The molecule has 0 unspecified atom stereocenters. The number of carbonyl (C=O) groups excluding carboxylic acids is 1. The van der Waals surface area contributed by atoms with Crippen LogP contribution in [0.4, 0.5) is 5.69 Å². The largest absolute Gasteiger partial charge is 0.378 e. The first-order chi connectivity index (χ1) is 9.24. The smallest absolute Gasteiger partial charge is 0.251 e. The maximum Gasteiger partial charge on any atom is 0.251 e. The van der Waals surface area contributed by atoms with Gasteiger partial charge in [0.25, 0.3) is 5.91 Å². The van der Waals surface area contributed by atoms with Crippen molar-refractivity contribution < 1.29 is 4.79 Å². The summed E-state index contributed by atoms with van der Waals surface area (Å²) >= 11 is 0. The number of amides is 1. The Morgan fingerprint density at radius 3 is 3.11 bits per heavy atom. The number of hydrogen-bond acceptors (Lipinski definition) is 3. The minimum absolute atomic E-state index is 0.0127. The summed E-state index contributed by atoms with van der Waals surface area (Å²) in [5.41, 5.74) is 3.93. The molecule has 1 aliphatic heterocycles. The van der Waals surface area contributed by atoms with Crippen molar-refractivity contribution in [3.63, 3.8) is 0 Å². The van der Waals surface area contributed by atoms with E-state index in [1.807, 2.05) is 31.3 Å². The van der Waals surface area contributed by atoms with Gasteiger partial charge in [0.05, 0.1) is 6.54 Å². The first-order valence-electron chi connectivity index (χ1n) is 6.38. The third-order valence-electron chi connectivity index (χ3n) is 3.28. The standard InChI is InChI=1S/C14H16N4O/c1-9-7-17-13(18-9)8-16-12-4-2-3-11-10(12)5-6-15-14(11)19/h2-4,7,16H,5-6,8H2,1H3,(H,15,19)(H,17,18). The highest BCUT2D eigenvalue weighted by molar-refractivity contribution is 5.98. The van der Waals surface area contributed by atoms with Gasteiger partial charge in [0.1, 0.15) is 5.82 Å². The van der Waals surface area contributed by atoms with Crippen LogP contribution >= 0.6 is 0 Å². The molecule has 1 amide bonds. The molecule has 2 heterocycles. The van der Waals surface area contributed by atoms with Crippen molar-refractivity contribution in [2.75, 3.05) is 11.9 Å². The average molecular weight is 256 g/mol. The maximum absolute atomic E-state index is 11.8. The van der Waals surface area contributed by atoms with Gasteiger partial charge in [-0.15, -0.1) is 0 Å². The highest BCUT2D eigenvalue weighted by Crippen LogP contribution is 2.23. The zero-order chi connectivity index (χ0) is 13.2. The third-order valence-corrected chi connectivity index (χ3v) is 3.28. The number of benzene rings is 1. The number of carbonyl (C=O) groups is 1. The fourth-order valence-corrected chi connectivity index (χ4v) is 2.37. The molecule has 5 heteroatoms. The van der Waals surface area contributed by atoms with Gasteiger partial charge in [-0.2, -0.15) is 0 Å². The van der Waals surface area contributed by atoms with Crippen LogP contribution in [0.2, 0.25) is 0 Å². The number of aryl methyl sites for hydroxylation is 1. The Morgan fingerprint density at radius 1 is 1.42 bits per heavy atom. The van der Waals surface area contributed by atoms with E-state index in [9.17, 15) is 4.79 Å². The first-order valence-corrected chi connectivity index (χ1v) is 6.38. The second-order valence-electron chi connectivity index (χ2n) is 4.70. The molecule has 0 aliphatic carbocycles. The van der Waals surface area contributed by atoms with Crippen molar-refractivity contribution in [2.24, 2.45) is 0 Å². The fourth-order valence-electron chi connectivity index (χ4n) is 2.37. The molecule has 0 saturated heterocycles. The number of aromatic nitrogens is 2. The molecule has 98 valence electrons. The average Bonchev–Trinajstić information content (AvgIpc) is 2.83. The molecule has 3 rings (SSSR count). The van der Waals surface area contributed by atoms with Crippen molar-refractivity contribution in [3.05, 3.63) is 47.0 Å². The molecule has 0 spiro atoms.